The molecule has 0 atom stereocenters. The van der Waals surface area contributed by atoms with Gasteiger partial charge in [0.2, 0.25) is 0 Å². The molecule has 0 radical (unpaired) electrons. The molecule has 1 aliphatic rings. The SMILES string of the molecule is CN(C)c1ccc(C=C2C(=O)ON=C2c2ccccc2)cc1[N+](=O)[O-]. The van der Waals surface area contributed by atoms with Gasteiger partial charge in [0.05, 0.1) is 10.5 Å². The highest BCUT2D eigenvalue weighted by molar-refractivity contribution is 6.31. The summed E-state index contributed by atoms with van der Waals surface area (Å²) < 4.78 is 0. The Morgan fingerprint density at radius 3 is 2.52 bits per heavy atom. The highest BCUT2D eigenvalue weighted by Crippen LogP contribution is 2.29. The van der Waals surface area contributed by atoms with Crippen molar-refractivity contribution in [2.45, 2.75) is 0 Å². The van der Waals surface area contributed by atoms with Crippen molar-refractivity contribution in [3.8, 4) is 0 Å². The number of nitro groups is 1. The molecule has 0 saturated carbocycles. The molecule has 0 amide bonds. The normalized spacial score (nSPS) is 15.0. The maximum absolute atomic E-state index is 12.0. The van der Waals surface area contributed by atoms with Gasteiger partial charge < -0.3 is 9.74 Å². The van der Waals surface area contributed by atoms with Gasteiger partial charge in [-0.2, -0.15) is 0 Å². The molecule has 1 heterocycles. The van der Waals surface area contributed by atoms with Crippen LogP contribution in [0.3, 0.4) is 0 Å². The fourth-order valence-electron chi connectivity index (χ4n) is 2.53. The summed E-state index contributed by atoms with van der Waals surface area (Å²) in [6.07, 6.45) is 1.55. The minimum atomic E-state index is -0.585. The number of carbonyl (C=O) groups excluding carboxylic acids is 1. The van der Waals surface area contributed by atoms with Crippen molar-refractivity contribution >= 4 is 29.1 Å². The summed E-state index contributed by atoms with van der Waals surface area (Å²) in [7, 11) is 3.46. The maximum Gasteiger partial charge on any atom is 0.368 e. The van der Waals surface area contributed by atoms with Crippen LogP contribution in [-0.4, -0.2) is 30.7 Å². The zero-order valence-electron chi connectivity index (χ0n) is 13.7. The first-order chi connectivity index (χ1) is 12.0. The van der Waals surface area contributed by atoms with Gasteiger partial charge in [-0.25, -0.2) is 4.79 Å². The lowest BCUT2D eigenvalue weighted by molar-refractivity contribution is -0.384. The van der Waals surface area contributed by atoms with Crippen molar-refractivity contribution in [2.24, 2.45) is 5.16 Å². The molecule has 2 aromatic rings. The average Bonchev–Trinajstić information content (AvgIpc) is 2.96. The number of nitrogens with zero attached hydrogens (tertiary/aromatic N) is 3. The molecule has 0 saturated heterocycles. The Balaban J connectivity index is 2.04. The summed E-state index contributed by atoms with van der Waals surface area (Å²) >= 11 is 0. The predicted octanol–water partition coefficient (Wildman–Crippen LogP) is 3.01. The molecule has 1 aliphatic heterocycles. The first-order valence-corrected chi connectivity index (χ1v) is 7.50. The van der Waals surface area contributed by atoms with E-state index in [4.69, 9.17) is 4.84 Å². The lowest BCUT2D eigenvalue weighted by atomic mass is 10.0. The summed E-state index contributed by atoms with van der Waals surface area (Å²) in [5.74, 6) is -0.585. The van der Waals surface area contributed by atoms with Gasteiger partial charge in [0, 0.05) is 25.7 Å². The topological polar surface area (TPSA) is 85.0 Å². The third-order valence-electron chi connectivity index (χ3n) is 3.73. The van der Waals surface area contributed by atoms with Gasteiger partial charge in [-0.15, -0.1) is 0 Å². The van der Waals surface area contributed by atoms with E-state index in [1.807, 2.05) is 30.3 Å². The summed E-state index contributed by atoms with van der Waals surface area (Å²) in [4.78, 5) is 29.3. The third kappa shape index (κ3) is 3.25. The summed E-state index contributed by atoms with van der Waals surface area (Å²) in [6, 6.07) is 13.9. The van der Waals surface area contributed by atoms with Crippen LogP contribution in [-0.2, 0) is 9.63 Å². The van der Waals surface area contributed by atoms with E-state index in [0.717, 1.165) is 5.56 Å². The van der Waals surface area contributed by atoms with Gasteiger partial charge >= 0.3 is 5.97 Å². The van der Waals surface area contributed by atoms with Crippen LogP contribution in [0, 0.1) is 10.1 Å². The fraction of sp³-hybridized carbons (Fsp3) is 0.111. The quantitative estimate of drug-likeness (QED) is 0.370. The number of carbonyl (C=O) groups is 1. The average molecular weight is 337 g/mol. The molecule has 0 unspecified atom stereocenters. The molecule has 0 aliphatic carbocycles. The van der Waals surface area contributed by atoms with Gasteiger partial charge in [0.15, 0.2) is 0 Å². The zero-order chi connectivity index (χ0) is 18.0. The number of hydrogen-bond acceptors (Lipinski definition) is 6. The van der Waals surface area contributed by atoms with Crippen molar-refractivity contribution in [1.29, 1.82) is 0 Å². The Bertz CT molecular complexity index is 902. The van der Waals surface area contributed by atoms with E-state index in [9.17, 15) is 14.9 Å². The maximum atomic E-state index is 12.0. The number of nitro benzene ring substituents is 1. The first kappa shape index (κ1) is 16.4. The minimum absolute atomic E-state index is 0.0380. The Hall–Kier alpha value is -3.48. The van der Waals surface area contributed by atoms with E-state index in [-0.39, 0.29) is 11.3 Å². The number of rotatable bonds is 4. The second-order valence-corrected chi connectivity index (χ2v) is 5.64. The standard InChI is InChI=1S/C18H15N3O4/c1-20(2)15-9-8-12(11-16(15)21(23)24)10-14-17(19-25-18(14)22)13-6-4-3-5-7-13/h3-11H,1-2H3. The molecule has 0 bridgehead atoms. The van der Waals surface area contributed by atoms with Crippen LogP contribution in [0.15, 0.2) is 59.3 Å². The second-order valence-electron chi connectivity index (χ2n) is 5.64. The van der Waals surface area contributed by atoms with Crippen LogP contribution < -0.4 is 4.90 Å². The van der Waals surface area contributed by atoms with Gasteiger partial charge in [0.25, 0.3) is 5.69 Å². The van der Waals surface area contributed by atoms with Gasteiger partial charge in [-0.3, -0.25) is 10.1 Å². The molecule has 25 heavy (non-hydrogen) atoms. The first-order valence-electron chi connectivity index (χ1n) is 7.50. The third-order valence-corrected chi connectivity index (χ3v) is 3.73. The van der Waals surface area contributed by atoms with E-state index in [1.54, 1.807) is 37.2 Å². The van der Waals surface area contributed by atoms with Crippen LogP contribution in [0.5, 0.6) is 0 Å². The number of oxime groups is 1. The smallest absolute Gasteiger partial charge is 0.368 e. The van der Waals surface area contributed by atoms with Crippen molar-refractivity contribution in [3.05, 3.63) is 75.3 Å². The molecule has 3 rings (SSSR count). The molecule has 0 spiro atoms. The molecular formula is C18H15N3O4. The molecule has 2 aromatic carbocycles. The minimum Gasteiger partial charge on any atom is -0.372 e. The fourth-order valence-corrected chi connectivity index (χ4v) is 2.53. The molecule has 0 aromatic heterocycles. The van der Waals surface area contributed by atoms with E-state index < -0.39 is 10.9 Å². The predicted molar refractivity (Wildman–Crippen MR) is 94.5 cm³/mol. The number of hydrogen-bond donors (Lipinski definition) is 0. The molecule has 0 fully saturated rings. The lowest BCUT2D eigenvalue weighted by Gasteiger charge is -2.12. The largest absolute Gasteiger partial charge is 0.372 e. The van der Waals surface area contributed by atoms with Crippen LogP contribution in [0.2, 0.25) is 0 Å². The second kappa shape index (κ2) is 6.56. The van der Waals surface area contributed by atoms with E-state index in [0.29, 0.717) is 17.0 Å². The van der Waals surface area contributed by atoms with Gasteiger partial charge in [-0.05, 0) is 17.7 Å². The van der Waals surface area contributed by atoms with E-state index in [2.05, 4.69) is 5.16 Å². The summed E-state index contributed by atoms with van der Waals surface area (Å²) in [5.41, 5.74) is 2.37. The van der Waals surface area contributed by atoms with Crippen molar-refractivity contribution in [2.75, 3.05) is 19.0 Å². The van der Waals surface area contributed by atoms with Crippen LogP contribution in [0.4, 0.5) is 11.4 Å². The molecule has 7 heteroatoms. The number of benzene rings is 2. The molecule has 7 nitrogen and oxygen atoms in total. The van der Waals surface area contributed by atoms with Crippen LogP contribution in [0.25, 0.3) is 6.08 Å². The molecular weight excluding hydrogens is 322 g/mol. The van der Waals surface area contributed by atoms with E-state index in [1.165, 1.54) is 6.07 Å². The van der Waals surface area contributed by atoms with Crippen LogP contribution in [0.1, 0.15) is 11.1 Å². The monoisotopic (exact) mass is 337 g/mol. The summed E-state index contributed by atoms with van der Waals surface area (Å²) in [5, 5.41) is 15.1. The van der Waals surface area contributed by atoms with Gasteiger partial charge in [0.1, 0.15) is 11.4 Å². The Kier molecular flexibility index (Phi) is 4.30. The molecule has 0 N–H and O–H groups in total. The molecule has 126 valence electrons. The van der Waals surface area contributed by atoms with Crippen molar-refractivity contribution in [3.63, 3.8) is 0 Å². The zero-order valence-corrected chi connectivity index (χ0v) is 13.7. The van der Waals surface area contributed by atoms with Crippen molar-refractivity contribution in [1.82, 2.24) is 0 Å². The number of anilines is 1. The lowest BCUT2D eigenvalue weighted by Crippen LogP contribution is -2.11. The highest BCUT2D eigenvalue weighted by atomic mass is 16.7. The Labute approximate surface area is 144 Å². The summed E-state index contributed by atoms with van der Waals surface area (Å²) in [6.45, 7) is 0. The van der Waals surface area contributed by atoms with Crippen LogP contribution >= 0.6 is 0 Å². The Morgan fingerprint density at radius 2 is 1.88 bits per heavy atom. The van der Waals surface area contributed by atoms with Gasteiger partial charge in [-0.1, -0.05) is 41.6 Å². The van der Waals surface area contributed by atoms with Crippen molar-refractivity contribution < 1.29 is 14.6 Å². The highest BCUT2D eigenvalue weighted by Gasteiger charge is 2.27. The Morgan fingerprint density at radius 1 is 1.16 bits per heavy atom. The van der Waals surface area contributed by atoms with E-state index >= 15 is 0 Å².